The fraction of sp³-hybridized carbons (Fsp3) is 0.345. The Morgan fingerprint density at radius 1 is 0.906 bits per heavy atom. The van der Waals surface area contributed by atoms with Crippen LogP contribution in [0.4, 0.5) is 0 Å². The summed E-state index contributed by atoms with van der Waals surface area (Å²) in [6.45, 7) is 11.8. The highest BCUT2D eigenvalue weighted by Gasteiger charge is 2.38. The molecular formula is C29H30NOS+. The Morgan fingerprint density at radius 2 is 1.69 bits per heavy atom. The van der Waals surface area contributed by atoms with Crippen LogP contribution < -0.4 is 4.57 Å². The molecule has 3 heteroatoms. The number of aryl methyl sites for hydroxylation is 2. The molecule has 0 radical (unpaired) electrons. The van der Waals surface area contributed by atoms with Crippen molar-refractivity contribution in [2.45, 2.75) is 58.3 Å². The Hall–Kier alpha value is -2.65. The molecule has 0 atom stereocenters. The van der Waals surface area contributed by atoms with Crippen molar-refractivity contribution < 1.29 is 8.98 Å². The van der Waals surface area contributed by atoms with Gasteiger partial charge in [0.1, 0.15) is 18.2 Å². The standard InChI is InChI=1S/C29H30NOS/c1-17-7-9-19-21-15-18-8-10-22-25(29(4,5)12-11-28(22,2)3)20(18)16-23(21)31-26(19)24(17)27-30(6)13-14-32-27/h7-10,13-16H,11-12H2,1-6H3/q+1. The van der Waals surface area contributed by atoms with Crippen LogP contribution in [0.25, 0.3) is 43.3 Å². The van der Waals surface area contributed by atoms with Crippen molar-refractivity contribution in [1.82, 2.24) is 0 Å². The molecule has 0 saturated carbocycles. The van der Waals surface area contributed by atoms with E-state index in [1.165, 1.54) is 61.6 Å². The largest absolute Gasteiger partial charge is 0.455 e. The highest BCUT2D eigenvalue weighted by molar-refractivity contribution is 7.12. The van der Waals surface area contributed by atoms with Gasteiger partial charge in [0.05, 0.1) is 5.38 Å². The second kappa shape index (κ2) is 6.45. The third-order valence-electron chi connectivity index (χ3n) is 7.77. The lowest BCUT2D eigenvalue weighted by Gasteiger charge is -2.42. The van der Waals surface area contributed by atoms with Crippen molar-refractivity contribution in [2.24, 2.45) is 7.05 Å². The van der Waals surface area contributed by atoms with Crippen molar-refractivity contribution in [2.75, 3.05) is 0 Å². The van der Waals surface area contributed by atoms with Crippen molar-refractivity contribution in [3.05, 3.63) is 64.7 Å². The van der Waals surface area contributed by atoms with Gasteiger partial charge in [-0.05, 0) is 70.2 Å². The molecule has 0 spiro atoms. The summed E-state index contributed by atoms with van der Waals surface area (Å²) in [5, 5.41) is 8.45. The zero-order valence-corrected chi connectivity index (χ0v) is 20.6. The summed E-state index contributed by atoms with van der Waals surface area (Å²) >= 11 is 1.77. The number of furan rings is 1. The van der Waals surface area contributed by atoms with E-state index in [2.05, 4.69) is 94.2 Å². The minimum Gasteiger partial charge on any atom is -0.455 e. The monoisotopic (exact) mass is 440 g/mol. The van der Waals surface area contributed by atoms with Gasteiger partial charge in [0.25, 0.3) is 5.01 Å². The molecule has 162 valence electrons. The average molecular weight is 441 g/mol. The first-order valence-corrected chi connectivity index (χ1v) is 12.4. The van der Waals surface area contributed by atoms with Gasteiger partial charge in [-0.15, -0.1) is 0 Å². The molecule has 0 aliphatic heterocycles. The fourth-order valence-corrected chi connectivity index (χ4v) is 6.74. The van der Waals surface area contributed by atoms with Crippen LogP contribution in [0.1, 0.15) is 57.2 Å². The van der Waals surface area contributed by atoms with Crippen LogP contribution in [0.3, 0.4) is 0 Å². The maximum Gasteiger partial charge on any atom is 0.272 e. The Balaban J connectivity index is 1.72. The number of aromatic nitrogens is 1. The molecule has 0 N–H and O–H groups in total. The Kier molecular flexibility index (Phi) is 4.03. The molecule has 0 fully saturated rings. The predicted molar refractivity (Wildman–Crippen MR) is 136 cm³/mol. The summed E-state index contributed by atoms with van der Waals surface area (Å²) in [4.78, 5) is 0. The van der Waals surface area contributed by atoms with E-state index in [0.29, 0.717) is 0 Å². The molecule has 1 aliphatic carbocycles. The van der Waals surface area contributed by atoms with E-state index in [9.17, 15) is 0 Å². The number of hydrogen-bond acceptors (Lipinski definition) is 2. The maximum atomic E-state index is 6.66. The summed E-state index contributed by atoms with van der Waals surface area (Å²) < 4.78 is 8.85. The molecule has 0 unspecified atom stereocenters. The van der Waals surface area contributed by atoms with Crippen LogP contribution in [-0.2, 0) is 17.9 Å². The summed E-state index contributed by atoms with van der Waals surface area (Å²) in [6.07, 6.45) is 4.56. The van der Waals surface area contributed by atoms with Gasteiger partial charge in [-0.25, -0.2) is 0 Å². The van der Waals surface area contributed by atoms with Crippen LogP contribution in [0.2, 0.25) is 0 Å². The van der Waals surface area contributed by atoms with Crippen LogP contribution in [0.5, 0.6) is 0 Å². The van der Waals surface area contributed by atoms with Crippen LogP contribution in [-0.4, -0.2) is 0 Å². The first-order valence-electron chi connectivity index (χ1n) is 11.5. The molecule has 2 nitrogen and oxygen atoms in total. The van der Waals surface area contributed by atoms with E-state index in [1.807, 2.05) is 0 Å². The molecule has 6 rings (SSSR count). The molecule has 5 aromatic rings. The minimum atomic E-state index is 0.163. The van der Waals surface area contributed by atoms with E-state index < -0.39 is 0 Å². The number of fused-ring (bicyclic) bond motifs is 6. The summed E-state index contributed by atoms with van der Waals surface area (Å²) in [7, 11) is 2.11. The first-order chi connectivity index (χ1) is 15.2. The molecular weight excluding hydrogens is 410 g/mol. The lowest BCUT2D eigenvalue weighted by Crippen LogP contribution is -2.34. The molecule has 2 heterocycles. The lowest BCUT2D eigenvalue weighted by atomic mass is 9.62. The Labute approximate surface area is 193 Å². The third-order valence-corrected chi connectivity index (χ3v) is 8.74. The molecule has 2 aromatic heterocycles. The maximum absolute atomic E-state index is 6.66. The zero-order valence-electron chi connectivity index (χ0n) is 19.8. The normalized spacial score (nSPS) is 17.3. The van der Waals surface area contributed by atoms with Crippen molar-refractivity contribution in [3.8, 4) is 10.6 Å². The van der Waals surface area contributed by atoms with E-state index in [1.54, 1.807) is 11.3 Å². The average Bonchev–Trinajstić information content (AvgIpc) is 3.32. The molecule has 32 heavy (non-hydrogen) atoms. The number of nitrogens with zero attached hydrogens (tertiary/aromatic N) is 1. The summed E-state index contributed by atoms with van der Waals surface area (Å²) in [5.41, 5.74) is 7.83. The number of benzene rings is 3. The zero-order chi connectivity index (χ0) is 22.4. The highest BCUT2D eigenvalue weighted by Crippen LogP contribution is 2.49. The van der Waals surface area contributed by atoms with Crippen LogP contribution in [0.15, 0.2) is 52.4 Å². The van der Waals surface area contributed by atoms with Crippen molar-refractivity contribution >= 4 is 44.0 Å². The first kappa shape index (κ1) is 20.0. The smallest absolute Gasteiger partial charge is 0.272 e. The van der Waals surface area contributed by atoms with Gasteiger partial charge >= 0.3 is 0 Å². The van der Waals surface area contributed by atoms with Gasteiger partial charge in [-0.3, -0.25) is 0 Å². The van der Waals surface area contributed by atoms with Gasteiger partial charge in [0.15, 0.2) is 11.8 Å². The lowest BCUT2D eigenvalue weighted by molar-refractivity contribution is -0.655. The Bertz CT molecular complexity index is 1550. The van der Waals surface area contributed by atoms with Crippen LogP contribution >= 0.6 is 11.3 Å². The molecule has 1 aliphatic rings. The second-order valence-corrected chi connectivity index (χ2v) is 11.8. The molecule has 3 aromatic carbocycles. The summed E-state index contributed by atoms with van der Waals surface area (Å²) in [5.74, 6) is 0. The molecule has 0 amide bonds. The third kappa shape index (κ3) is 2.67. The number of hydrogen-bond donors (Lipinski definition) is 0. The molecule has 0 bridgehead atoms. The quantitative estimate of drug-likeness (QED) is 0.242. The van der Waals surface area contributed by atoms with E-state index in [-0.39, 0.29) is 10.8 Å². The van der Waals surface area contributed by atoms with Crippen LogP contribution in [0, 0.1) is 6.92 Å². The fourth-order valence-electron chi connectivity index (χ4n) is 5.77. The number of rotatable bonds is 1. The molecule has 0 saturated heterocycles. The SMILES string of the molecule is Cc1ccc2c(oc3cc4c5c(ccc4cc32)C(C)(C)CCC5(C)C)c1-c1scc[n+]1C. The van der Waals surface area contributed by atoms with Gasteiger partial charge in [0.2, 0.25) is 0 Å². The minimum absolute atomic E-state index is 0.163. The number of thiazole rings is 1. The van der Waals surface area contributed by atoms with E-state index >= 15 is 0 Å². The van der Waals surface area contributed by atoms with E-state index in [4.69, 9.17) is 4.42 Å². The second-order valence-electron chi connectivity index (χ2n) is 10.9. The predicted octanol–water partition coefficient (Wildman–Crippen LogP) is 7.95. The topological polar surface area (TPSA) is 17.0 Å². The van der Waals surface area contributed by atoms with E-state index in [0.717, 1.165) is 11.2 Å². The van der Waals surface area contributed by atoms with Crippen molar-refractivity contribution in [3.63, 3.8) is 0 Å². The van der Waals surface area contributed by atoms with Gasteiger partial charge in [-0.1, -0.05) is 63.3 Å². The van der Waals surface area contributed by atoms with Crippen molar-refractivity contribution in [1.29, 1.82) is 0 Å². The van der Waals surface area contributed by atoms with Gasteiger partial charge in [0, 0.05) is 10.8 Å². The summed E-state index contributed by atoms with van der Waals surface area (Å²) in [6, 6.07) is 13.8. The van der Waals surface area contributed by atoms with Gasteiger partial charge in [-0.2, -0.15) is 4.57 Å². The van der Waals surface area contributed by atoms with Gasteiger partial charge < -0.3 is 4.42 Å². The Morgan fingerprint density at radius 3 is 2.44 bits per heavy atom. The highest BCUT2D eigenvalue weighted by atomic mass is 32.1.